The largest absolute Gasteiger partial charge is 0.466 e. The number of ether oxygens (including phenoxy) is 1. The fourth-order valence-electron chi connectivity index (χ4n) is 1.30. The zero-order chi connectivity index (χ0) is 14.4. The van der Waals surface area contributed by atoms with E-state index in [1.807, 2.05) is 0 Å². The van der Waals surface area contributed by atoms with Crippen LogP contribution in [0.2, 0.25) is 0 Å². The molecule has 0 saturated carbocycles. The summed E-state index contributed by atoms with van der Waals surface area (Å²) < 4.78 is 43.3. The van der Waals surface area contributed by atoms with E-state index in [9.17, 15) is 22.8 Å². The van der Waals surface area contributed by atoms with Gasteiger partial charge in [0.05, 0.1) is 6.61 Å². The van der Waals surface area contributed by atoms with Gasteiger partial charge in [0.1, 0.15) is 6.42 Å². The van der Waals surface area contributed by atoms with Gasteiger partial charge in [-0.2, -0.15) is 0 Å². The summed E-state index contributed by atoms with van der Waals surface area (Å²) in [6, 6.07) is 1.77. The predicted molar refractivity (Wildman–Crippen MR) is 59.4 cm³/mol. The van der Waals surface area contributed by atoms with Crippen molar-refractivity contribution in [1.29, 1.82) is 0 Å². The summed E-state index contributed by atoms with van der Waals surface area (Å²) in [6.07, 6.45) is -0.515. The quantitative estimate of drug-likeness (QED) is 0.505. The van der Waals surface area contributed by atoms with Gasteiger partial charge in [0.2, 0.25) is 5.91 Å². The first-order valence-corrected chi connectivity index (χ1v) is 5.50. The van der Waals surface area contributed by atoms with E-state index in [1.165, 1.54) is 0 Å². The first kappa shape index (κ1) is 15.0. The highest BCUT2D eigenvalue weighted by atomic mass is 19.2. The molecule has 0 heterocycles. The lowest BCUT2D eigenvalue weighted by Gasteiger charge is -2.07. The van der Waals surface area contributed by atoms with Crippen molar-refractivity contribution in [1.82, 2.24) is 5.32 Å². The molecule has 1 aromatic rings. The molecule has 104 valence electrons. The number of esters is 1. The monoisotopic (exact) mass is 275 g/mol. The molecule has 0 aliphatic heterocycles. The van der Waals surface area contributed by atoms with Gasteiger partial charge in [-0.25, -0.2) is 13.2 Å². The van der Waals surface area contributed by atoms with E-state index in [1.54, 1.807) is 6.92 Å². The molecule has 0 aliphatic rings. The third kappa shape index (κ3) is 4.27. The number of hydrogen-bond donors (Lipinski definition) is 1. The van der Waals surface area contributed by atoms with Crippen LogP contribution >= 0.6 is 0 Å². The third-order valence-electron chi connectivity index (χ3n) is 2.20. The van der Waals surface area contributed by atoms with Crippen molar-refractivity contribution in [2.75, 3.05) is 6.61 Å². The molecule has 0 aliphatic carbocycles. The molecule has 0 fully saturated rings. The Morgan fingerprint density at radius 1 is 1.21 bits per heavy atom. The van der Waals surface area contributed by atoms with Crippen LogP contribution in [0.15, 0.2) is 12.1 Å². The van der Waals surface area contributed by atoms with Crippen LogP contribution < -0.4 is 5.32 Å². The Labute approximate surface area is 107 Å². The molecule has 1 aromatic carbocycles. The molecule has 0 unspecified atom stereocenters. The summed E-state index contributed by atoms with van der Waals surface area (Å²) >= 11 is 0. The molecule has 0 spiro atoms. The Kier molecular flexibility index (Phi) is 5.35. The maximum atomic E-state index is 13.2. The third-order valence-corrected chi connectivity index (χ3v) is 2.20. The van der Waals surface area contributed by atoms with Gasteiger partial charge in [-0.1, -0.05) is 6.07 Å². The molecule has 0 radical (unpaired) electrons. The fourth-order valence-corrected chi connectivity index (χ4v) is 1.30. The minimum absolute atomic E-state index is 0.143. The predicted octanol–water partition coefficient (Wildman–Crippen LogP) is 1.67. The first-order valence-electron chi connectivity index (χ1n) is 5.50. The van der Waals surface area contributed by atoms with Gasteiger partial charge in [0, 0.05) is 12.1 Å². The van der Waals surface area contributed by atoms with Crippen molar-refractivity contribution in [3.05, 3.63) is 35.1 Å². The van der Waals surface area contributed by atoms with Crippen molar-refractivity contribution in [3.8, 4) is 0 Å². The molecule has 0 bridgehead atoms. The number of rotatable bonds is 5. The number of hydrogen-bond acceptors (Lipinski definition) is 3. The van der Waals surface area contributed by atoms with Crippen LogP contribution in [-0.2, 0) is 20.9 Å². The van der Waals surface area contributed by atoms with Crippen molar-refractivity contribution in [2.45, 2.75) is 19.9 Å². The maximum absolute atomic E-state index is 13.2. The molecule has 0 atom stereocenters. The SMILES string of the molecule is CCOC(=O)CC(=O)NCc1ccc(F)c(F)c1F. The Morgan fingerprint density at radius 3 is 2.53 bits per heavy atom. The molecule has 1 rings (SSSR count). The van der Waals surface area contributed by atoms with Crippen molar-refractivity contribution in [3.63, 3.8) is 0 Å². The van der Waals surface area contributed by atoms with Crippen LogP contribution in [0.25, 0.3) is 0 Å². The summed E-state index contributed by atoms with van der Waals surface area (Å²) in [7, 11) is 0. The van der Waals surface area contributed by atoms with Crippen LogP contribution in [-0.4, -0.2) is 18.5 Å². The summed E-state index contributed by atoms with van der Waals surface area (Å²) in [5.41, 5.74) is -0.212. The minimum Gasteiger partial charge on any atom is -0.466 e. The number of amides is 1. The minimum atomic E-state index is -1.60. The van der Waals surface area contributed by atoms with E-state index in [0.717, 1.165) is 12.1 Å². The number of carbonyl (C=O) groups excluding carboxylic acids is 2. The van der Waals surface area contributed by atoms with Crippen LogP contribution in [0.3, 0.4) is 0 Å². The van der Waals surface area contributed by atoms with Gasteiger partial charge in [0.15, 0.2) is 17.5 Å². The summed E-state index contributed by atoms with van der Waals surface area (Å²) in [5.74, 6) is -5.68. The average Bonchev–Trinajstić information content (AvgIpc) is 2.35. The molecule has 1 N–H and O–H groups in total. The molecule has 0 aromatic heterocycles. The number of benzene rings is 1. The smallest absolute Gasteiger partial charge is 0.315 e. The topological polar surface area (TPSA) is 55.4 Å². The van der Waals surface area contributed by atoms with Crippen LogP contribution in [0.5, 0.6) is 0 Å². The molecule has 0 saturated heterocycles. The molecule has 19 heavy (non-hydrogen) atoms. The molecular formula is C12H12F3NO3. The molecular weight excluding hydrogens is 263 g/mol. The van der Waals surface area contributed by atoms with E-state index in [-0.39, 0.29) is 18.7 Å². The van der Waals surface area contributed by atoms with Gasteiger partial charge in [-0.3, -0.25) is 9.59 Å². The number of carbonyl (C=O) groups is 2. The molecule has 1 amide bonds. The highest BCUT2D eigenvalue weighted by Crippen LogP contribution is 2.14. The van der Waals surface area contributed by atoms with Crippen LogP contribution in [0.4, 0.5) is 13.2 Å². The second-order valence-electron chi connectivity index (χ2n) is 3.59. The summed E-state index contributed by atoms with van der Waals surface area (Å²) in [5, 5.41) is 2.21. The lowest BCUT2D eigenvalue weighted by atomic mass is 10.2. The van der Waals surface area contributed by atoms with Crippen molar-refractivity contribution in [2.24, 2.45) is 0 Å². The van der Waals surface area contributed by atoms with Gasteiger partial charge >= 0.3 is 5.97 Å². The van der Waals surface area contributed by atoms with E-state index < -0.39 is 35.7 Å². The summed E-state index contributed by atoms with van der Waals surface area (Å²) in [6.45, 7) is 1.39. The van der Waals surface area contributed by atoms with E-state index in [0.29, 0.717) is 0 Å². The second-order valence-corrected chi connectivity index (χ2v) is 3.59. The Morgan fingerprint density at radius 2 is 1.89 bits per heavy atom. The fraction of sp³-hybridized carbons (Fsp3) is 0.333. The molecule has 7 heteroatoms. The first-order chi connectivity index (χ1) is 8.95. The average molecular weight is 275 g/mol. The second kappa shape index (κ2) is 6.77. The highest BCUT2D eigenvalue weighted by Gasteiger charge is 2.15. The van der Waals surface area contributed by atoms with Gasteiger partial charge < -0.3 is 10.1 Å². The maximum Gasteiger partial charge on any atom is 0.315 e. The van der Waals surface area contributed by atoms with E-state index in [4.69, 9.17) is 0 Å². The van der Waals surface area contributed by atoms with Crippen molar-refractivity contribution < 1.29 is 27.5 Å². The van der Waals surface area contributed by atoms with Crippen molar-refractivity contribution >= 4 is 11.9 Å². The number of nitrogens with one attached hydrogen (secondary N) is 1. The van der Waals surface area contributed by atoms with E-state index in [2.05, 4.69) is 10.1 Å². The summed E-state index contributed by atoms with van der Waals surface area (Å²) in [4.78, 5) is 22.2. The van der Waals surface area contributed by atoms with Gasteiger partial charge in [-0.05, 0) is 13.0 Å². The zero-order valence-corrected chi connectivity index (χ0v) is 10.1. The molecule has 4 nitrogen and oxygen atoms in total. The number of halogens is 3. The van der Waals surface area contributed by atoms with Gasteiger partial charge in [0.25, 0.3) is 0 Å². The highest BCUT2D eigenvalue weighted by molar-refractivity contribution is 5.94. The van der Waals surface area contributed by atoms with Gasteiger partial charge in [-0.15, -0.1) is 0 Å². The Balaban J connectivity index is 2.56. The zero-order valence-electron chi connectivity index (χ0n) is 10.1. The standard InChI is InChI=1S/C12H12F3NO3/c1-2-19-10(18)5-9(17)16-6-7-3-4-8(13)12(15)11(7)14/h3-4H,2,5-6H2,1H3,(H,16,17). The lowest BCUT2D eigenvalue weighted by Crippen LogP contribution is -2.26. The van der Waals surface area contributed by atoms with Crippen LogP contribution in [0.1, 0.15) is 18.9 Å². The Hall–Kier alpha value is -2.05. The Bertz CT molecular complexity index is 491. The lowest BCUT2D eigenvalue weighted by molar-refractivity contribution is -0.146. The van der Waals surface area contributed by atoms with E-state index >= 15 is 0 Å². The van der Waals surface area contributed by atoms with Crippen LogP contribution in [0, 0.1) is 17.5 Å². The normalized spacial score (nSPS) is 10.1.